The number of alkyl halides is 1. The molecule has 4 nitrogen and oxygen atoms in total. The Morgan fingerprint density at radius 3 is 2.20 bits per heavy atom. The van der Waals surface area contributed by atoms with Crippen molar-refractivity contribution in [2.45, 2.75) is 11.7 Å². The second kappa shape index (κ2) is 4.23. The molecule has 4 N–H and O–H groups in total. The number of hydrazine groups is 1. The van der Waals surface area contributed by atoms with Crippen LogP contribution in [0.1, 0.15) is 0 Å². The minimum Gasteiger partial charge on any atom is -0.468 e. The van der Waals surface area contributed by atoms with Crippen LogP contribution in [0.5, 0.6) is 5.75 Å². The molecule has 0 spiro atoms. The predicted octanol–water partition coefficient (Wildman–Crippen LogP) is 1.95. The van der Waals surface area contributed by atoms with E-state index < -0.39 is 0 Å². The fourth-order valence-corrected chi connectivity index (χ4v) is 1.89. The highest BCUT2D eigenvalue weighted by atomic mass is 35.5. The number of nitrogens with one attached hydrogen (secondary N) is 2. The summed E-state index contributed by atoms with van der Waals surface area (Å²) < 4.78 is 5.45. The van der Waals surface area contributed by atoms with E-state index in [1.54, 1.807) is 12.1 Å². The SMILES string of the molecule is Nc1cc(Cl)c(OC2NN[C@H]2Cl)c(Cl)c1. The number of nitrogens with two attached hydrogens (primary N) is 1. The van der Waals surface area contributed by atoms with Gasteiger partial charge in [-0.25, -0.2) is 10.9 Å². The Balaban J connectivity index is 2.20. The fourth-order valence-electron chi connectivity index (χ4n) is 1.12. The van der Waals surface area contributed by atoms with Gasteiger partial charge in [0.05, 0.1) is 10.0 Å². The Morgan fingerprint density at radius 2 is 1.80 bits per heavy atom. The summed E-state index contributed by atoms with van der Waals surface area (Å²) in [5.41, 5.74) is 11.2. The lowest BCUT2D eigenvalue weighted by Crippen LogP contribution is -2.67. The van der Waals surface area contributed by atoms with Crippen molar-refractivity contribution < 1.29 is 4.74 Å². The van der Waals surface area contributed by atoms with Gasteiger partial charge in [-0.15, -0.1) is 0 Å². The summed E-state index contributed by atoms with van der Waals surface area (Å²) in [5.74, 6) is 0.372. The largest absolute Gasteiger partial charge is 0.468 e. The first kappa shape index (κ1) is 11.1. The van der Waals surface area contributed by atoms with Crippen molar-refractivity contribution >= 4 is 40.5 Å². The minimum absolute atomic E-state index is 0.310. The molecule has 1 aliphatic heterocycles. The van der Waals surface area contributed by atoms with Crippen LogP contribution in [0.25, 0.3) is 0 Å². The summed E-state index contributed by atoms with van der Waals surface area (Å²) in [5, 5.41) is 0.718. The number of nitrogen functional groups attached to an aromatic ring is 1. The van der Waals surface area contributed by atoms with Crippen LogP contribution in [0, 0.1) is 0 Å². The summed E-state index contributed by atoms with van der Waals surface area (Å²) in [6, 6.07) is 3.14. The van der Waals surface area contributed by atoms with Crippen LogP contribution in [0.4, 0.5) is 5.69 Å². The van der Waals surface area contributed by atoms with Crippen LogP contribution >= 0.6 is 34.8 Å². The molecule has 2 rings (SSSR count). The zero-order valence-corrected chi connectivity index (χ0v) is 9.70. The first-order chi connectivity index (χ1) is 7.08. The van der Waals surface area contributed by atoms with Gasteiger partial charge in [-0.3, -0.25) is 0 Å². The molecule has 2 atom stereocenters. The Bertz CT molecular complexity index is 364. The summed E-state index contributed by atoms with van der Waals surface area (Å²) in [4.78, 5) is 0. The highest BCUT2D eigenvalue weighted by molar-refractivity contribution is 6.37. The van der Waals surface area contributed by atoms with Gasteiger partial charge in [0.15, 0.2) is 12.0 Å². The lowest BCUT2D eigenvalue weighted by Gasteiger charge is -2.34. The van der Waals surface area contributed by atoms with Crippen molar-refractivity contribution in [2.24, 2.45) is 0 Å². The summed E-state index contributed by atoms with van der Waals surface area (Å²) in [7, 11) is 0. The van der Waals surface area contributed by atoms with Gasteiger partial charge in [0.2, 0.25) is 0 Å². The molecular weight excluding hydrogens is 260 g/mol. The molecule has 7 heteroatoms. The maximum atomic E-state index is 5.93. The topological polar surface area (TPSA) is 59.3 Å². The maximum absolute atomic E-state index is 5.93. The van der Waals surface area contributed by atoms with Crippen molar-refractivity contribution in [1.29, 1.82) is 0 Å². The standard InChI is InChI=1S/C8H8Cl3N3O/c9-4-1-3(12)2-5(10)6(4)15-8-7(11)13-14-8/h1-2,7-8,13-14H,12H2/t7-,8?/m1/s1. The molecular formula is C8H8Cl3N3O. The van der Waals surface area contributed by atoms with E-state index in [4.69, 9.17) is 45.3 Å². The Morgan fingerprint density at radius 1 is 1.20 bits per heavy atom. The van der Waals surface area contributed by atoms with Gasteiger partial charge < -0.3 is 10.5 Å². The molecule has 1 aromatic carbocycles. The van der Waals surface area contributed by atoms with E-state index >= 15 is 0 Å². The second-order valence-corrected chi connectivity index (χ2v) is 4.33. The predicted molar refractivity (Wildman–Crippen MR) is 61.2 cm³/mol. The third kappa shape index (κ3) is 2.24. The highest BCUT2D eigenvalue weighted by Gasteiger charge is 2.31. The number of ether oxygens (including phenoxy) is 1. The van der Waals surface area contributed by atoms with E-state index in [2.05, 4.69) is 10.9 Å². The fraction of sp³-hybridized carbons (Fsp3) is 0.250. The van der Waals surface area contributed by atoms with E-state index in [9.17, 15) is 0 Å². The Hall–Kier alpha value is -0.390. The van der Waals surface area contributed by atoms with Gasteiger partial charge in [-0.05, 0) is 12.1 Å². The monoisotopic (exact) mass is 267 g/mol. The number of hydrogen-bond donors (Lipinski definition) is 3. The lowest BCUT2D eigenvalue weighted by molar-refractivity contribution is 0.0539. The normalized spacial score (nSPS) is 24.7. The average molecular weight is 269 g/mol. The van der Waals surface area contributed by atoms with Crippen molar-refractivity contribution in [2.75, 3.05) is 5.73 Å². The highest BCUT2D eigenvalue weighted by Crippen LogP contribution is 2.36. The Kier molecular flexibility index (Phi) is 3.13. The average Bonchev–Trinajstić information content (AvgIpc) is 2.14. The van der Waals surface area contributed by atoms with Crippen LogP contribution in [-0.2, 0) is 0 Å². The lowest BCUT2D eigenvalue weighted by atomic mass is 10.3. The summed E-state index contributed by atoms with van der Waals surface area (Å²) in [6.45, 7) is 0. The van der Waals surface area contributed by atoms with E-state index in [-0.39, 0.29) is 11.7 Å². The number of benzene rings is 1. The molecule has 1 aliphatic rings. The molecule has 1 aromatic rings. The van der Waals surface area contributed by atoms with E-state index in [0.717, 1.165) is 0 Å². The number of anilines is 1. The third-order valence-electron chi connectivity index (χ3n) is 1.89. The van der Waals surface area contributed by atoms with Crippen molar-refractivity contribution in [1.82, 2.24) is 10.9 Å². The van der Waals surface area contributed by atoms with Gasteiger partial charge in [-0.1, -0.05) is 34.8 Å². The number of rotatable bonds is 2. The molecule has 0 aliphatic carbocycles. The van der Waals surface area contributed by atoms with Crippen molar-refractivity contribution in [3.8, 4) is 5.75 Å². The first-order valence-corrected chi connectivity index (χ1v) is 5.33. The zero-order chi connectivity index (χ0) is 11.0. The Labute approximate surface area is 102 Å². The third-order valence-corrected chi connectivity index (χ3v) is 2.79. The molecule has 0 aromatic heterocycles. The van der Waals surface area contributed by atoms with Crippen LogP contribution in [0.15, 0.2) is 12.1 Å². The van der Waals surface area contributed by atoms with Crippen LogP contribution in [0.2, 0.25) is 10.0 Å². The molecule has 0 bridgehead atoms. The second-order valence-electron chi connectivity index (χ2n) is 3.04. The maximum Gasteiger partial charge on any atom is 0.193 e. The molecule has 0 saturated carbocycles. The molecule has 15 heavy (non-hydrogen) atoms. The van der Waals surface area contributed by atoms with Crippen LogP contribution in [0.3, 0.4) is 0 Å². The zero-order valence-electron chi connectivity index (χ0n) is 7.43. The molecule has 1 saturated heterocycles. The van der Waals surface area contributed by atoms with E-state index in [1.807, 2.05) is 0 Å². The van der Waals surface area contributed by atoms with Gasteiger partial charge in [0, 0.05) is 5.69 Å². The van der Waals surface area contributed by atoms with Gasteiger partial charge in [-0.2, -0.15) is 0 Å². The molecule has 82 valence electrons. The van der Waals surface area contributed by atoms with E-state index in [0.29, 0.717) is 21.5 Å². The number of hydrogen-bond acceptors (Lipinski definition) is 4. The minimum atomic E-state index is -0.356. The van der Waals surface area contributed by atoms with Gasteiger partial charge >= 0.3 is 0 Å². The summed E-state index contributed by atoms with van der Waals surface area (Å²) in [6.07, 6.45) is -0.356. The number of halogens is 3. The van der Waals surface area contributed by atoms with Gasteiger partial charge in [0.1, 0.15) is 5.50 Å². The summed E-state index contributed by atoms with van der Waals surface area (Å²) >= 11 is 17.6. The quantitative estimate of drug-likeness (QED) is 0.436. The molecule has 0 amide bonds. The van der Waals surface area contributed by atoms with Crippen molar-refractivity contribution in [3.05, 3.63) is 22.2 Å². The van der Waals surface area contributed by atoms with Crippen LogP contribution in [-0.4, -0.2) is 11.7 Å². The van der Waals surface area contributed by atoms with Gasteiger partial charge in [0.25, 0.3) is 0 Å². The molecule has 1 heterocycles. The smallest absolute Gasteiger partial charge is 0.193 e. The van der Waals surface area contributed by atoms with Crippen LogP contribution < -0.4 is 21.3 Å². The molecule has 1 unspecified atom stereocenters. The van der Waals surface area contributed by atoms with Crippen molar-refractivity contribution in [3.63, 3.8) is 0 Å². The molecule has 0 radical (unpaired) electrons. The molecule has 1 fully saturated rings. The first-order valence-electron chi connectivity index (χ1n) is 4.14. The van der Waals surface area contributed by atoms with E-state index in [1.165, 1.54) is 0 Å².